The van der Waals surface area contributed by atoms with Crippen molar-refractivity contribution in [2.45, 2.75) is 32.2 Å². The van der Waals surface area contributed by atoms with Gasteiger partial charge in [-0.15, -0.1) is 0 Å². The van der Waals surface area contributed by atoms with E-state index in [1.807, 2.05) is 60.7 Å². The lowest BCUT2D eigenvalue weighted by molar-refractivity contribution is -0.156. The van der Waals surface area contributed by atoms with Crippen LogP contribution in [0.4, 0.5) is 0 Å². The molecule has 0 aliphatic rings. The lowest BCUT2D eigenvalue weighted by Gasteiger charge is -2.10. The zero-order valence-electron chi connectivity index (χ0n) is 13.3. The zero-order valence-corrected chi connectivity index (χ0v) is 13.3. The molecule has 2 aromatic carbocycles. The van der Waals surface area contributed by atoms with Crippen molar-refractivity contribution in [1.29, 1.82) is 0 Å². The van der Waals surface area contributed by atoms with Crippen molar-refractivity contribution < 1.29 is 24.2 Å². The molecule has 2 aromatic rings. The number of rotatable bonds is 8. The van der Waals surface area contributed by atoms with Gasteiger partial charge < -0.3 is 14.6 Å². The van der Waals surface area contributed by atoms with Crippen LogP contribution in [-0.2, 0) is 32.3 Å². The van der Waals surface area contributed by atoms with E-state index in [0.717, 1.165) is 11.1 Å². The summed E-state index contributed by atoms with van der Waals surface area (Å²) in [6.07, 6.45) is -1.41. The van der Waals surface area contributed by atoms with Crippen molar-refractivity contribution in [3.05, 3.63) is 71.8 Å². The number of ether oxygens (including phenoxy) is 2. The summed E-state index contributed by atoms with van der Waals surface area (Å²) in [6.45, 7) is 0.267. The Kier molecular flexibility index (Phi) is 6.98. The summed E-state index contributed by atoms with van der Waals surface area (Å²) in [4.78, 5) is 23.3. The molecule has 0 spiro atoms. The summed E-state index contributed by atoms with van der Waals surface area (Å²) in [5.74, 6) is -1.21. The summed E-state index contributed by atoms with van der Waals surface area (Å²) in [7, 11) is 0. The molecule has 0 amide bonds. The van der Waals surface area contributed by atoms with Crippen molar-refractivity contribution in [1.82, 2.24) is 0 Å². The van der Waals surface area contributed by atoms with Gasteiger partial charge in [0.05, 0.1) is 0 Å². The molecule has 0 saturated carbocycles. The van der Waals surface area contributed by atoms with Gasteiger partial charge in [0, 0.05) is 6.42 Å². The molecule has 5 nitrogen and oxygen atoms in total. The van der Waals surface area contributed by atoms with Gasteiger partial charge in [-0.2, -0.15) is 0 Å². The molecule has 0 radical (unpaired) electrons. The molecule has 5 heteroatoms. The van der Waals surface area contributed by atoms with Crippen LogP contribution >= 0.6 is 0 Å². The Morgan fingerprint density at radius 2 is 1.33 bits per heavy atom. The van der Waals surface area contributed by atoms with Gasteiger partial charge in [0.2, 0.25) is 0 Å². The molecule has 0 fully saturated rings. The Labute approximate surface area is 140 Å². The standard InChI is InChI=1S/C19H20O5/c20-17(19(22)24-14-16-9-5-2-6-10-16)11-12-18(21)23-13-15-7-3-1-4-8-15/h1-10,17,20H,11-14H2. The molecule has 0 aliphatic heterocycles. The van der Waals surface area contributed by atoms with Crippen LogP contribution < -0.4 is 0 Å². The molecular weight excluding hydrogens is 308 g/mol. The maximum Gasteiger partial charge on any atom is 0.335 e. The first kappa shape index (κ1) is 17.7. The predicted octanol–water partition coefficient (Wildman–Crippen LogP) is 2.61. The highest BCUT2D eigenvalue weighted by Gasteiger charge is 2.18. The Bertz CT molecular complexity index is 639. The fourth-order valence-corrected chi connectivity index (χ4v) is 2.01. The fourth-order valence-electron chi connectivity index (χ4n) is 2.01. The summed E-state index contributed by atoms with van der Waals surface area (Å²) in [6, 6.07) is 18.5. The molecule has 0 aromatic heterocycles. The minimum Gasteiger partial charge on any atom is -0.461 e. The minimum absolute atomic E-state index is 0.0265. The molecular formula is C19H20O5. The number of hydrogen-bond acceptors (Lipinski definition) is 5. The normalized spacial score (nSPS) is 11.5. The van der Waals surface area contributed by atoms with E-state index in [9.17, 15) is 14.7 Å². The first-order valence-electron chi connectivity index (χ1n) is 7.73. The summed E-state index contributed by atoms with van der Waals surface area (Å²) >= 11 is 0. The van der Waals surface area contributed by atoms with E-state index in [1.54, 1.807) is 0 Å². The summed E-state index contributed by atoms with van der Waals surface area (Å²) in [5, 5.41) is 9.75. The lowest BCUT2D eigenvalue weighted by Crippen LogP contribution is -2.24. The van der Waals surface area contributed by atoms with E-state index >= 15 is 0 Å². The van der Waals surface area contributed by atoms with Gasteiger partial charge in [0.1, 0.15) is 13.2 Å². The quantitative estimate of drug-likeness (QED) is 0.754. The highest BCUT2D eigenvalue weighted by Crippen LogP contribution is 2.07. The number of carbonyl (C=O) groups excluding carboxylic acids is 2. The highest BCUT2D eigenvalue weighted by molar-refractivity contribution is 5.76. The van der Waals surface area contributed by atoms with Gasteiger partial charge in [0.15, 0.2) is 6.10 Å². The Hall–Kier alpha value is -2.66. The van der Waals surface area contributed by atoms with Crippen LogP contribution in [0.25, 0.3) is 0 Å². The van der Waals surface area contributed by atoms with Crippen LogP contribution in [0.3, 0.4) is 0 Å². The van der Waals surface area contributed by atoms with E-state index in [4.69, 9.17) is 9.47 Å². The Morgan fingerprint density at radius 3 is 1.88 bits per heavy atom. The van der Waals surface area contributed by atoms with Crippen LogP contribution in [0.5, 0.6) is 0 Å². The summed E-state index contributed by atoms with van der Waals surface area (Å²) in [5.41, 5.74) is 1.72. The van der Waals surface area contributed by atoms with E-state index in [-0.39, 0.29) is 26.1 Å². The topological polar surface area (TPSA) is 72.8 Å². The Balaban J connectivity index is 1.65. The molecule has 1 unspecified atom stereocenters. The van der Waals surface area contributed by atoms with Crippen LogP contribution in [0.2, 0.25) is 0 Å². The lowest BCUT2D eigenvalue weighted by atomic mass is 10.2. The van der Waals surface area contributed by atoms with Gasteiger partial charge >= 0.3 is 11.9 Å². The number of esters is 2. The second-order valence-corrected chi connectivity index (χ2v) is 5.29. The van der Waals surface area contributed by atoms with Crippen LogP contribution in [-0.4, -0.2) is 23.1 Å². The van der Waals surface area contributed by atoms with Gasteiger partial charge in [-0.1, -0.05) is 60.7 Å². The maximum absolute atomic E-state index is 11.7. The van der Waals surface area contributed by atoms with Crippen LogP contribution in [0, 0.1) is 0 Å². The molecule has 126 valence electrons. The SMILES string of the molecule is O=C(CCC(O)C(=O)OCc1ccccc1)OCc1ccccc1. The second kappa shape index (κ2) is 9.47. The Morgan fingerprint density at radius 1 is 0.833 bits per heavy atom. The van der Waals surface area contributed by atoms with E-state index in [1.165, 1.54) is 0 Å². The third kappa shape index (κ3) is 6.22. The molecule has 0 heterocycles. The average Bonchev–Trinajstić information content (AvgIpc) is 2.64. The number of carbonyl (C=O) groups is 2. The van der Waals surface area contributed by atoms with Crippen LogP contribution in [0.1, 0.15) is 24.0 Å². The van der Waals surface area contributed by atoms with Gasteiger partial charge in [0.25, 0.3) is 0 Å². The molecule has 0 aliphatic carbocycles. The van der Waals surface area contributed by atoms with Crippen molar-refractivity contribution >= 4 is 11.9 Å². The third-order valence-corrected chi connectivity index (χ3v) is 3.36. The van der Waals surface area contributed by atoms with Gasteiger partial charge in [-0.25, -0.2) is 4.79 Å². The highest BCUT2D eigenvalue weighted by atomic mass is 16.5. The van der Waals surface area contributed by atoms with Crippen molar-refractivity contribution in [2.75, 3.05) is 0 Å². The average molecular weight is 328 g/mol. The molecule has 0 saturated heterocycles. The second-order valence-electron chi connectivity index (χ2n) is 5.29. The molecule has 1 N–H and O–H groups in total. The number of aliphatic hydroxyl groups excluding tert-OH is 1. The predicted molar refractivity (Wildman–Crippen MR) is 87.7 cm³/mol. The molecule has 1 atom stereocenters. The van der Waals surface area contributed by atoms with Gasteiger partial charge in [-0.3, -0.25) is 4.79 Å². The van der Waals surface area contributed by atoms with E-state index in [2.05, 4.69) is 0 Å². The number of hydrogen-bond donors (Lipinski definition) is 1. The fraction of sp³-hybridized carbons (Fsp3) is 0.263. The maximum atomic E-state index is 11.7. The van der Waals surface area contributed by atoms with Crippen molar-refractivity contribution in [3.63, 3.8) is 0 Å². The first-order valence-corrected chi connectivity index (χ1v) is 7.73. The largest absolute Gasteiger partial charge is 0.461 e. The molecule has 2 rings (SSSR count). The number of benzene rings is 2. The van der Waals surface area contributed by atoms with Crippen molar-refractivity contribution in [2.24, 2.45) is 0 Å². The van der Waals surface area contributed by atoms with Crippen LogP contribution in [0.15, 0.2) is 60.7 Å². The molecule has 0 bridgehead atoms. The van der Waals surface area contributed by atoms with Gasteiger partial charge in [-0.05, 0) is 17.5 Å². The van der Waals surface area contributed by atoms with E-state index < -0.39 is 18.0 Å². The first-order chi connectivity index (χ1) is 11.6. The smallest absolute Gasteiger partial charge is 0.335 e. The van der Waals surface area contributed by atoms with E-state index in [0.29, 0.717) is 0 Å². The molecule has 24 heavy (non-hydrogen) atoms. The zero-order chi connectivity index (χ0) is 17.2. The summed E-state index contributed by atoms with van der Waals surface area (Å²) < 4.78 is 10.1. The third-order valence-electron chi connectivity index (χ3n) is 3.36. The minimum atomic E-state index is -1.34. The number of aliphatic hydroxyl groups is 1. The van der Waals surface area contributed by atoms with Crippen molar-refractivity contribution in [3.8, 4) is 0 Å². The monoisotopic (exact) mass is 328 g/mol.